The Morgan fingerprint density at radius 3 is 2.21 bits per heavy atom. The number of nitrogens with one attached hydrogen (secondary N) is 4. The number of alkyl halides is 2. The summed E-state index contributed by atoms with van der Waals surface area (Å²) < 4.78 is 65.6. The fourth-order valence-electron chi connectivity index (χ4n) is 7.84. The molecule has 4 fully saturated rings. The molecular weight excluding hydrogens is 785 g/mol. The lowest BCUT2D eigenvalue weighted by molar-refractivity contribution is -0.145. The van der Waals surface area contributed by atoms with E-state index in [-0.39, 0.29) is 24.7 Å². The molecule has 4 aliphatic rings. The van der Waals surface area contributed by atoms with Crippen molar-refractivity contribution in [1.29, 1.82) is 0 Å². The van der Waals surface area contributed by atoms with E-state index in [1.807, 2.05) is 4.72 Å². The molecule has 18 nitrogen and oxygen atoms in total. The average Bonchev–Trinajstić information content (AvgIpc) is 4.08. The first kappa shape index (κ1) is 42.7. The Bertz CT molecular complexity index is 1980. The normalized spacial score (nSPS) is 24.7. The Labute approximate surface area is 334 Å². The van der Waals surface area contributed by atoms with E-state index in [1.165, 1.54) is 23.9 Å². The van der Waals surface area contributed by atoms with Crippen LogP contribution in [0.1, 0.15) is 84.6 Å². The number of hydrogen-bond acceptors (Lipinski definition) is 12. The SMILES string of the molecule is COC(=O)N[C@H](C(=O)N[C@H](C(=O)N1C[C@H](n2nnc(-c3ccc(OC)cc3)n2)C[C@H]1C(=O)N[C@]1(C(=O)NS(=O)(=O)C2CC2)C[C@H]1C(F)F)C(C)(C)C)C1CCCCC1. The zero-order valence-electron chi connectivity index (χ0n) is 33.1. The largest absolute Gasteiger partial charge is 0.497 e. The average molecular weight is 836 g/mol. The van der Waals surface area contributed by atoms with Crippen LogP contribution in [0.4, 0.5) is 13.6 Å². The number of methoxy groups -OCH3 is 2. The van der Waals surface area contributed by atoms with E-state index >= 15 is 0 Å². The third-order valence-electron chi connectivity index (χ3n) is 11.5. The van der Waals surface area contributed by atoms with Crippen LogP contribution in [0, 0.1) is 17.3 Å². The van der Waals surface area contributed by atoms with Gasteiger partial charge in [0.25, 0.3) is 5.91 Å². The predicted molar refractivity (Wildman–Crippen MR) is 201 cm³/mol. The van der Waals surface area contributed by atoms with Crippen molar-refractivity contribution >= 4 is 39.7 Å². The quantitative estimate of drug-likeness (QED) is 0.214. The second-order valence-corrected chi connectivity index (χ2v) is 18.6. The molecule has 1 saturated heterocycles. The number of aromatic nitrogens is 4. The molecule has 6 atom stereocenters. The van der Waals surface area contributed by atoms with Gasteiger partial charge in [0, 0.05) is 18.5 Å². The Balaban J connectivity index is 1.30. The van der Waals surface area contributed by atoms with Crippen LogP contribution < -0.4 is 25.4 Å². The van der Waals surface area contributed by atoms with E-state index in [1.54, 1.807) is 45.0 Å². The number of alkyl carbamates (subject to hydrolysis) is 1. The van der Waals surface area contributed by atoms with Crippen LogP contribution in [0.5, 0.6) is 5.75 Å². The van der Waals surface area contributed by atoms with Gasteiger partial charge in [0.2, 0.25) is 40.0 Å². The lowest BCUT2D eigenvalue weighted by atomic mass is 9.82. The molecule has 0 unspecified atom stereocenters. The Hall–Kier alpha value is -4.95. The van der Waals surface area contributed by atoms with Gasteiger partial charge in [-0.3, -0.25) is 23.9 Å². The highest BCUT2D eigenvalue weighted by Crippen LogP contribution is 2.48. The lowest BCUT2D eigenvalue weighted by Gasteiger charge is -2.37. The Morgan fingerprint density at radius 1 is 0.966 bits per heavy atom. The number of amides is 5. The van der Waals surface area contributed by atoms with E-state index in [2.05, 4.69) is 31.4 Å². The van der Waals surface area contributed by atoms with E-state index in [0.717, 1.165) is 19.3 Å². The van der Waals surface area contributed by atoms with Gasteiger partial charge in [-0.1, -0.05) is 40.0 Å². The molecule has 6 rings (SSSR count). The Morgan fingerprint density at radius 2 is 1.64 bits per heavy atom. The van der Waals surface area contributed by atoms with Gasteiger partial charge in [-0.05, 0) is 72.9 Å². The van der Waals surface area contributed by atoms with Crippen LogP contribution in [-0.4, -0.2) is 119 Å². The molecule has 1 aromatic heterocycles. The van der Waals surface area contributed by atoms with Crippen molar-refractivity contribution in [3.63, 3.8) is 0 Å². The third kappa shape index (κ3) is 9.18. The molecule has 4 N–H and O–H groups in total. The first-order valence-corrected chi connectivity index (χ1v) is 21.0. The number of hydrogen-bond donors (Lipinski definition) is 4. The number of carbonyl (C=O) groups is 5. The minimum atomic E-state index is -4.16. The summed E-state index contributed by atoms with van der Waals surface area (Å²) >= 11 is 0. The number of halogens is 2. The maximum atomic E-state index is 14.8. The number of ether oxygens (including phenoxy) is 2. The minimum Gasteiger partial charge on any atom is -0.497 e. The number of nitrogens with zero attached hydrogens (tertiary/aromatic N) is 5. The molecule has 1 aromatic carbocycles. The zero-order chi connectivity index (χ0) is 42.2. The molecule has 2 aromatic rings. The van der Waals surface area contributed by atoms with Crippen molar-refractivity contribution < 1.29 is 50.6 Å². The highest BCUT2D eigenvalue weighted by Gasteiger charge is 2.67. The van der Waals surface area contributed by atoms with Gasteiger partial charge in [-0.25, -0.2) is 22.0 Å². The van der Waals surface area contributed by atoms with Crippen LogP contribution in [0.25, 0.3) is 11.4 Å². The molecule has 318 valence electrons. The number of tetrazole rings is 1. The summed E-state index contributed by atoms with van der Waals surface area (Å²) in [6, 6.07) is 2.33. The number of carbonyl (C=O) groups excluding carboxylic acids is 5. The van der Waals surface area contributed by atoms with Crippen LogP contribution in [0.2, 0.25) is 0 Å². The van der Waals surface area contributed by atoms with Crippen molar-refractivity contribution in [2.45, 2.75) is 120 Å². The van der Waals surface area contributed by atoms with Gasteiger partial charge in [0.05, 0.1) is 31.4 Å². The predicted octanol–water partition coefficient (Wildman–Crippen LogP) is 2.07. The minimum absolute atomic E-state index is 0.160. The molecule has 2 heterocycles. The van der Waals surface area contributed by atoms with E-state index in [9.17, 15) is 41.2 Å². The van der Waals surface area contributed by atoms with Crippen molar-refractivity contribution in [1.82, 2.24) is 45.8 Å². The molecule has 0 spiro atoms. The molecule has 0 radical (unpaired) electrons. The zero-order valence-corrected chi connectivity index (χ0v) is 33.9. The van der Waals surface area contributed by atoms with Gasteiger partial charge < -0.3 is 30.3 Å². The van der Waals surface area contributed by atoms with Gasteiger partial charge in [-0.2, -0.15) is 4.80 Å². The van der Waals surface area contributed by atoms with E-state index < -0.39 is 98.9 Å². The first-order valence-electron chi connectivity index (χ1n) is 19.4. The van der Waals surface area contributed by atoms with Gasteiger partial charge in [0.15, 0.2) is 0 Å². The molecule has 3 aliphatic carbocycles. The number of benzene rings is 1. The third-order valence-corrected chi connectivity index (χ3v) is 13.3. The lowest BCUT2D eigenvalue weighted by Crippen LogP contribution is -2.62. The van der Waals surface area contributed by atoms with Crippen LogP contribution in [-0.2, 0) is 33.9 Å². The number of rotatable bonds is 14. The monoisotopic (exact) mass is 835 g/mol. The maximum Gasteiger partial charge on any atom is 0.407 e. The Kier molecular flexibility index (Phi) is 12.3. The fraction of sp³-hybridized carbons (Fsp3) is 0.676. The summed E-state index contributed by atoms with van der Waals surface area (Å²) in [5.74, 6) is -4.70. The maximum absolute atomic E-state index is 14.8. The molecule has 58 heavy (non-hydrogen) atoms. The highest BCUT2D eigenvalue weighted by molar-refractivity contribution is 7.91. The van der Waals surface area contributed by atoms with E-state index in [4.69, 9.17) is 9.47 Å². The van der Waals surface area contributed by atoms with E-state index in [0.29, 0.717) is 37.0 Å². The smallest absolute Gasteiger partial charge is 0.407 e. The first-order chi connectivity index (χ1) is 27.4. The van der Waals surface area contributed by atoms with Crippen molar-refractivity contribution in [2.24, 2.45) is 17.3 Å². The molecule has 5 amide bonds. The summed E-state index contributed by atoms with van der Waals surface area (Å²) in [5, 5.41) is 19.9. The second kappa shape index (κ2) is 16.7. The standard InChI is InChI=1S/C37H51F2N9O9S/c1-36(2,3)28(41-32(50)27(40-35(53)57-5)20-9-7-6-8-10-20)33(51)47-19-22(48-44-30(43-46-48)21-11-13-23(56-4)14-12-21)17-26(47)31(49)42-37(18-25(37)29(38)39)34(52)45-58(54,55)24-15-16-24/h11-14,20,22,24-29H,6-10,15-19H2,1-5H3,(H,40,53)(H,41,50)(H,42,49)(H,45,52)/t22-,25+,26+,27+,28-,37-/m1/s1. The number of likely N-dealkylation sites (tertiary alicyclic amines) is 1. The summed E-state index contributed by atoms with van der Waals surface area (Å²) in [7, 11) is -1.46. The summed E-state index contributed by atoms with van der Waals surface area (Å²) in [4.78, 5) is 71.4. The second-order valence-electron chi connectivity index (χ2n) is 16.7. The summed E-state index contributed by atoms with van der Waals surface area (Å²) in [5.41, 5.74) is -2.63. The molecule has 21 heteroatoms. The summed E-state index contributed by atoms with van der Waals surface area (Å²) in [6.45, 7) is 4.93. The highest BCUT2D eigenvalue weighted by atomic mass is 32.2. The van der Waals surface area contributed by atoms with Gasteiger partial charge in [-0.15, -0.1) is 10.2 Å². The molecule has 0 bridgehead atoms. The molecule has 1 aliphatic heterocycles. The van der Waals surface area contributed by atoms with Gasteiger partial charge >= 0.3 is 6.09 Å². The fourth-order valence-corrected chi connectivity index (χ4v) is 9.21. The molecule has 3 saturated carbocycles. The van der Waals surface area contributed by atoms with Crippen molar-refractivity contribution in [3.05, 3.63) is 24.3 Å². The molecular formula is C37H51F2N9O9S. The van der Waals surface area contributed by atoms with Crippen LogP contribution in [0.15, 0.2) is 24.3 Å². The van der Waals surface area contributed by atoms with Gasteiger partial charge in [0.1, 0.15) is 29.4 Å². The van der Waals surface area contributed by atoms with Crippen molar-refractivity contribution in [3.8, 4) is 17.1 Å². The van der Waals surface area contributed by atoms with Crippen LogP contribution >= 0.6 is 0 Å². The number of sulfonamides is 1. The van der Waals surface area contributed by atoms with Crippen LogP contribution in [0.3, 0.4) is 0 Å². The topological polar surface area (TPSA) is 233 Å². The summed E-state index contributed by atoms with van der Waals surface area (Å²) in [6.07, 6.45) is 0.0280. The van der Waals surface area contributed by atoms with Crippen molar-refractivity contribution in [2.75, 3.05) is 20.8 Å².